The fourth-order valence-corrected chi connectivity index (χ4v) is 2.45. The van der Waals surface area contributed by atoms with Gasteiger partial charge in [0.2, 0.25) is 0 Å². The van der Waals surface area contributed by atoms with Crippen molar-refractivity contribution in [1.29, 1.82) is 5.26 Å². The second-order valence-corrected chi connectivity index (χ2v) is 6.50. The van der Waals surface area contributed by atoms with Gasteiger partial charge in [-0.15, -0.1) is 11.8 Å². The number of benzene rings is 1. The number of nitrogens with zero attached hydrogens (tertiary/aromatic N) is 1. The molecule has 0 fully saturated rings. The molecule has 0 spiro atoms. The lowest BCUT2D eigenvalue weighted by molar-refractivity contribution is -0.137. The molecule has 1 unspecified atom stereocenters. The standard InChI is InChI=1S/C15H20N2O2S/c1-15(2,3)13(8-14(18)19)17-11-6-5-7-12(20-4)10(11)9-16/h5-7,13,17H,8H2,1-4H3,(H,18,19). The molecule has 0 heterocycles. The van der Waals surface area contributed by atoms with Crippen LogP contribution in [0.25, 0.3) is 0 Å². The maximum absolute atomic E-state index is 11.0. The van der Waals surface area contributed by atoms with Gasteiger partial charge >= 0.3 is 5.97 Å². The number of aliphatic carboxylic acids is 1. The SMILES string of the molecule is CSc1cccc(NC(CC(=O)O)C(C)(C)C)c1C#N. The lowest BCUT2D eigenvalue weighted by Gasteiger charge is -2.31. The summed E-state index contributed by atoms with van der Waals surface area (Å²) in [5.41, 5.74) is 1.04. The van der Waals surface area contributed by atoms with E-state index < -0.39 is 5.97 Å². The minimum absolute atomic E-state index is 0.0118. The number of thioether (sulfide) groups is 1. The van der Waals surface area contributed by atoms with E-state index >= 15 is 0 Å². The first kappa shape index (κ1) is 16.4. The van der Waals surface area contributed by atoms with Crippen molar-refractivity contribution in [1.82, 2.24) is 0 Å². The Labute approximate surface area is 124 Å². The Balaban J connectivity index is 3.12. The van der Waals surface area contributed by atoms with Crippen LogP contribution in [0.4, 0.5) is 5.69 Å². The molecule has 0 saturated heterocycles. The highest BCUT2D eigenvalue weighted by molar-refractivity contribution is 7.98. The van der Waals surface area contributed by atoms with Crippen LogP contribution in [-0.2, 0) is 4.79 Å². The van der Waals surface area contributed by atoms with Crippen molar-refractivity contribution >= 4 is 23.4 Å². The van der Waals surface area contributed by atoms with Crippen LogP contribution in [0.2, 0.25) is 0 Å². The smallest absolute Gasteiger partial charge is 0.305 e. The number of nitriles is 1. The molecule has 0 aliphatic rings. The first-order valence-corrected chi connectivity index (χ1v) is 7.57. The van der Waals surface area contributed by atoms with E-state index in [1.807, 2.05) is 45.2 Å². The molecule has 0 saturated carbocycles. The summed E-state index contributed by atoms with van der Waals surface area (Å²) in [7, 11) is 0. The summed E-state index contributed by atoms with van der Waals surface area (Å²) >= 11 is 1.50. The van der Waals surface area contributed by atoms with Crippen molar-refractivity contribution in [2.24, 2.45) is 5.41 Å². The Bertz CT molecular complexity index is 530. The topological polar surface area (TPSA) is 73.1 Å². The fourth-order valence-electron chi connectivity index (χ4n) is 1.87. The third kappa shape index (κ3) is 4.17. The van der Waals surface area contributed by atoms with Gasteiger partial charge in [0, 0.05) is 10.9 Å². The third-order valence-electron chi connectivity index (χ3n) is 3.11. The highest BCUT2D eigenvalue weighted by Crippen LogP contribution is 2.30. The van der Waals surface area contributed by atoms with Crippen molar-refractivity contribution in [3.05, 3.63) is 23.8 Å². The first-order valence-electron chi connectivity index (χ1n) is 6.35. The molecule has 0 aromatic heterocycles. The second-order valence-electron chi connectivity index (χ2n) is 5.66. The maximum Gasteiger partial charge on any atom is 0.305 e. The molecule has 1 rings (SSSR count). The molecule has 1 aromatic rings. The van der Waals surface area contributed by atoms with E-state index in [0.717, 1.165) is 4.90 Å². The molecule has 1 atom stereocenters. The van der Waals surface area contributed by atoms with Crippen LogP contribution in [0.15, 0.2) is 23.1 Å². The minimum atomic E-state index is -0.850. The van der Waals surface area contributed by atoms with E-state index in [9.17, 15) is 10.1 Å². The molecule has 5 heteroatoms. The number of hydrogen-bond acceptors (Lipinski definition) is 4. The fraction of sp³-hybridized carbons (Fsp3) is 0.467. The van der Waals surface area contributed by atoms with Crippen LogP contribution >= 0.6 is 11.8 Å². The van der Waals surface area contributed by atoms with Crippen molar-refractivity contribution in [2.45, 2.75) is 38.1 Å². The summed E-state index contributed by atoms with van der Waals surface area (Å²) in [4.78, 5) is 11.9. The van der Waals surface area contributed by atoms with E-state index in [1.165, 1.54) is 11.8 Å². The van der Waals surface area contributed by atoms with E-state index in [1.54, 1.807) is 0 Å². The highest BCUT2D eigenvalue weighted by Gasteiger charge is 2.27. The lowest BCUT2D eigenvalue weighted by Crippen LogP contribution is -2.36. The number of nitrogens with one attached hydrogen (secondary N) is 1. The van der Waals surface area contributed by atoms with Gasteiger partial charge in [0.25, 0.3) is 0 Å². The van der Waals surface area contributed by atoms with Gasteiger partial charge in [0.1, 0.15) is 6.07 Å². The van der Waals surface area contributed by atoms with Crippen LogP contribution in [0.3, 0.4) is 0 Å². The molecule has 0 bridgehead atoms. The summed E-state index contributed by atoms with van der Waals surface area (Å²) in [6.45, 7) is 5.95. The van der Waals surface area contributed by atoms with Crippen molar-refractivity contribution in [3.63, 3.8) is 0 Å². The molecule has 4 nitrogen and oxygen atoms in total. The number of carboxylic acid groups (broad SMARTS) is 1. The number of anilines is 1. The Hall–Kier alpha value is -1.67. The number of carboxylic acids is 1. The van der Waals surface area contributed by atoms with E-state index in [0.29, 0.717) is 11.3 Å². The maximum atomic E-state index is 11.0. The molecular weight excluding hydrogens is 272 g/mol. The van der Waals surface area contributed by atoms with Crippen LogP contribution in [0.5, 0.6) is 0 Å². The lowest BCUT2D eigenvalue weighted by atomic mass is 9.84. The van der Waals surface area contributed by atoms with Crippen LogP contribution in [-0.4, -0.2) is 23.4 Å². The zero-order valence-corrected chi connectivity index (χ0v) is 13.0. The van der Waals surface area contributed by atoms with Crippen molar-refractivity contribution < 1.29 is 9.90 Å². The average Bonchev–Trinajstić information content (AvgIpc) is 2.35. The molecule has 108 valence electrons. The van der Waals surface area contributed by atoms with Gasteiger partial charge in [-0.3, -0.25) is 4.79 Å². The van der Waals surface area contributed by atoms with Gasteiger partial charge in [-0.25, -0.2) is 0 Å². The first-order chi connectivity index (χ1) is 9.29. The van der Waals surface area contributed by atoms with E-state index in [4.69, 9.17) is 5.11 Å². The van der Waals surface area contributed by atoms with Gasteiger partial charge < -0.3 is 10.4 Å². The van der Waals surface area contributed by atoms with Crippen LogP contribution in [0.1, 0.15) is 32.8 Å². The molecular formula is C15H20N2O2S. The number of hydrogen-bond donors (Lipinski definition) is 2. The van der Waals surface area contributed by atoms with Crippen LogP contribution in [0, 0.1) is 16.7 Å². The second kappa shape index (κ2) is 6.67. The van der Waals surface area contributed by atoms with Crippen molar-refractivity contribution in [2.75, 3.05) is 11.6 Å². The summed E-state index contributed by atoms with van der Waals surface area (Å²) in [6.07, 6.45) is 1.93. The van der Waals surface area contributed by atoms with E-state index in [-0.39, 0.29) is 17.9 Å². The largest absolute Gasteiger partial charge is 0.481 e. The summed E-state index contributed by atoms with van der Waals surface area (Å²) < 4.78 is 0. The summed E-state index contributed by atoms with van der Waals surface area (Å²) in [5.74, 6) is -0.850. The van der Waals surface area contributed by atoms with Crippen LogP contribution < -0.4 is 5.32 Å². The quantitative estimate of drug-likeness (QED) is 0.811. The predicted molar refractivity (Wildman–Crippen MR) is 82.1 cm³/mol. The predicted octanol–water partition coefficient (Wildman–Crippen LogP) is 3.58. The van der Waals surface area contributed by atoms with Gasteiger partial charge in [-0.2, -0.15) is 5.26 Å². The van der Waals surface area contributed by atoms with Gasteiger partial charge in [-0.05, 0) is 23.8 Å². The Morgan fingerprint density at radius 2 is 2.15 bits per heavy atom. The number of carbonyl (C=O) groups is 1. The Morgan fingerprint density at radius 3 is 2.60 bits per heavy atom. The normalized spacial score (nSPS) is 12.6. The summed E-state index contributed by atoms with van der Waals surface area (Å²) in [6, 6.07) is 7.52. The molecule has 0 aliphatic carbocycles. The molecule has 1 aromatic carbocycles. The average molecular weight is 292 g/mol. The zero-order valence-electron chi connectivity index (χ0n) is 12.2. The van der Waals surface area contributed by atoms with Crippen molar-refractivity contribution in [3.8, 4) is 6.07 Å². The van der Waals surface area contributed by atoms with E-state index in [2.05, 4.69) is 11.4 Å². The molecule has 0 amide bonds. The highest BCUT2D eigenvalue weighted by atomic mass is 32.2. The van der Waals surface area contributed by atoms with Gasteiger partial charge in [-0.1, -0.05) is 26.8 Å². The zero-order chi connectivity index (χ0) is 15.3. The Morgan fingerprint density at radius 1 is 1.50 bits per heavy atom. The minimum Gasteiger partial charge on any atom is -0.481 e. The molecule has 20 heavy (non-hydrogen) atoms. The molecule has 0 radical (unpaired) electrons. The van der Waals surface area contributed by atoms with Gasteiger partial charge in [0.15, 0.2) is 0 Å². The third-order valence-corrected chi connectivity index (χ3v) is 3.89. The summed E-state index contributed by atoms with van der Waals surface area (Å²) in [5, 5.41) is 21.6. The number of rotatable bonds is 5. The Kier molecular flexibility index (Phi) is 5.46. The molecule has 2 N–H and O–H groups in total. The monoisotopic (exact) mass is 292 g/mol. The van der Waals surface area contributed by atoms with Gasteiger partial charge in [0.05, 0.1) is 17.7 Å². The molecule has 0 aliphatic heterocycles.